The number of benzene rings is 2. The summed E-state index contributed by atoms with van der Waals surface area (Å²) in [5.74, 6) is 1.16. The summed E-state index contributed by atoms with van der Waals surface area (Å²) < 4.78 is 13.1. The van der Waals surface area contributed by atoms with Crippen molar-refractivity contribution in [1.29, 1.82) is 0 Å². The molecule has 0 bridgehead atoms. The fraction of sp³-hybridized carbons (Fsp3) is 0.188. The van der Waals surface area contributed by atoms with Crippen LogP contribution in [0.15, 0.2) is 45.3 Å². The number of rotatable bonds is 6. The molecular weight excluding hydrogens is 400 g/mol. The Kier molecular flexibility index (Phi) is 5.82. The standard InChI is InChI=1S/C16H14Br2O3/c1-2-20-15-8-12(9-19)7-14(18)16(15)21-10-11-3-5-13(17)6-4-11/h3-9H,2,10H2,1H3. The van der Waals surface area contributed by atoms with Gasteiger partial charge in [0.2, 0.25) is 0 Å². The number of hydrogen-bond donors (Lipinski definition) is 0. The molecule has 0 spiro atoms. The van der Waals surface area contributed by atoms with Gasteiger partial charge in [-0.3, -0.25) is 4.79 Å². The Labute approximate surface area is 140 Å². The van der Waals surface area contributed by atoms with Crippen LogP contribution in [0.1, 0.15) is 22.8 Å². The van der Waals surface area contributed by atoms with Gasteiger partial charge < -0.3 is 9.47 Å². The minimum absolute atomic E-state index is 0.423. The van der Waals surface area contributed by atoms with Crippen LogP contribution < -0.4 is 9.47 Å². The Morgan fingerprint density at radius 2 is 1.81 bits per heavy atom. The van der Waals surface area contributed by atoms with Crippen molar-refractivity contribution in [3.8, 4) is 11.5 Å². The van der Waals surface area contributed by atoms with Gasteiger partial charge in [-0.05, 0) is 52.7 Å². The molecule has 0 N–H and O–H groups in total. The van der Waals surface area contributed by atoms with Gasteiger partial charge in [-0.1, -0.05) is 28.1 Å². The molecule has 0 aliphatic rings. The lowest BCUT2D eigenvalue weighted by molar-refractivity contribution is 0.112. The summed E-state index contributed by atoms with van der Waals surface area (Å²) in [5.41, 5.74) is 1.59. The van der Waals surface area contributed by atoms with E-state index in [1.807, 2.05) is 31.2 Å². The van der Waals surface area contributed by atoms with Gasteiger partial charge in [-0.25, -0.2) is 0 Å². The minimum Gasteiger partial charge on any atom is -0.490 e. The van der Waals surface area contributed by atoms with E-state index < -0.39 is 0 Å². The smallest absolute Gasteiger partial charge is 0.175 e. The first-order valence-electron chi connectivity index (χ1n) is 6.42. The number of hydrogen-bond acceptors (Lipinski definition) is 3. The third kappa shape index (κ3) is 4.32. The molecule has 0 heterocycles. The normalized spacial score (nSPS) is 10.2. The molecule has 5 heteroatoms. The highest BCUT2D eigenvalue weighted by atomic mass is 79.9. The molecule has 0 atom stereocenters. The second kappa shape index (κ2) is 7.61. The third-order valence-electron chi connectivity index (χ3n) is 2.76. The molecule has 0 aliphatic heterocycles. The minimum atomic E-state index is 0.423. The Balaban J connectivity index is 2.21. The number of carbonyl (C=O) groups excluding carboxylic acids is 1. The van der Waals surface area contributed by atoms with E-state index in [1.54, 1.807) is 12.1 Å². The van der Waals surface area contributed by atoms with E-state index in [2.05, 4.69) is 31.9 Å². The fourth-order valence-electron chi connectivity index (χ4n) is 1.80. The van der Waals surface area contributed by atoms with Crippen LogP contribution in [-0.4, -0.2) is 12.9 Å². The van der Waals surface area contributed by atoms with Crippen molar-refractivity contribution in [3.05, 3.63) is 56.5 Å². The SMILES string of the molecule is CCOc1cc(C=O)cc(Br)c1OCc1ccc(Br)cc1. The summed E-state index contributed by atoms with van der Waals surface area (Å²) in [6.07, 6.45) is 0.784. The molecule has 0 saturated carbocycles. The molecule has 2 aromatic carbocycles. The molecular formula is C16H14Br2O3. The quantitative estimate of drug-likeness (QED) is 0.625. The summed E-state index contributed by atoms with van der Waals surface area (Å²) in [7, 11) is 0. The van der Waals surface area contributed by atoms with Gasteiger partial charge in [0.25, 0.3) is 0 Å². The summed E-state index contributed by atoms with van der Waals surface area (Å²) >= 11 is 6.82. The van der Waals surface area contributed by atoms with Crippen LogP contribution in [-0.2, 0) is 6.61 Å². The van der Waals surface area contributed by atoms with Crippen LogP contribution in [0.5, 0.6) is 11.5 Å². The summed E-state index contributed by atoms with van der Waals surface area (Å²) in [4.78, 5) is 10.9. The highest BCUT2D eigenvalue weighted by Gasteiger charge is 2.12. The van der Waals surface area contributed by atoms with Crippen molar-refractivity contribution < 1.29 is 14.3 Å². The second-order valence-electron chi connectivity index (χ2n) is 4.30. The molecule has 0 aliphatic carbocycles. The topological polar surface area (TPSA) is 35.5 Å². The highest BCUT2D eigenvalue weighted by Crippen LogP contribution is 2.37. The maximum atomic E-state index is 10.9. The monoisotopic (exact) mass is 412 g/mol. The Bertz CT molecular complexity index is 624. The molecule has 0 radical (unpaired) electrons. The van der Waals surface area contributed by atoms with Crippen LogP contribution in [0.3, 0.4) is 0 Å². The highest BCUT2D eigenvalue weighted by molar-refractivity contribution is 9.10. The molecule has 2 aromatic rings. The first kappa shape index (κ1) is 16.0. The van der Waals surface area contributed by atoms with Gasteiger partial charge in [0.05, 0.1) is 11.1 Å². The maximum Gasteiger partial charge on any atom is 0.175 e. The van der Waals surface area contributed by atoms with E-state index in [1.165, 1.54) is 0 Å². The Morgan fingerprint density at radius 3 is 2.43 bits per heavy atom. The predicted octanol–water partition coefficient (Wildman–Crippen LogP) is 5.00. The van der Waals surface area contributed by atoms with Gasteiger partial charge in [0.1, 0.15) is 12.9 Å². The fourth-order valence-corrected chi connectivity index (χ4v) is 2.63. The second-order valence-corrected chi connectivity index (χ2v) is 6.07. The maximum absolute atomic E-state index is 10.9. The zero-order valence-electron chi connectivity index (χ0n) is 11.4. The molecule has 0 unspecified atom stereocenters. The first-order chi connectivity index (χ1) is 10.1. The zero-order chi connectivity index (χ0) is 15.2. The van der Waals surface area contributed by atoms with E-state index >= 15 is 0 Å². The van der Waals surface area contributed by atoms with Crippen LogP contribution in [0.4, 0.5) is 0 Å². The number of aldehydes is 1. The summed E-state index contributed by atoms with van der Waals surface area (Å²) in [6, 6.07) is 11.3. The van der Waals surface area contributed by atoms with Crippen molar-refractivity contribution in [3.63, 3.8) is 0 Å². The van der Waals surface area contributed by atoms with E-state index in [0.29, 0.717) is 34.7 Å². The summed E-state index contributed by atoms with van der Waals surface area (Å²) in [6.45, 7) is 2.82. The van der Waals surface area contributed by atoms with E-state index in [9.17, 15) is 4.79 Å². The van der Waals surface area contributed by atoms with E-state index in [0.717, 1.165) is 16.3 Å². The number of carbonyl (C=O) groups is 1. The van der Waals surface area contributed by atoms with Gasteiger partial charge >= 0.3 is 0 Å². The molecule has 2 rings (SSSR count). The van der Waals surface area contributed by atoms with Gasteiger partial charge in [-0.2, -0.15) is 0 Å². The average Bonchev–Trinajstić information content (AvgIpc) is 2.48. The molecule has 3 nitrogen and oxygen atoms in total. The lowest BCUT2D eigenvalue weighted by atomic mass is 10.2. The van der Waals surface area contributed by atoms with Crippen LogP contribution >= 0.6 is 31.9 Å². The molecule has 110 valence electrons. The third-order valence-corrected chi connectivity index (χ3v) is 3.88. The van der Waals surface area contributed by atoms with Crippen molar-refractivity contribution in [2.24, 2.45) is 0 Å². The van der Waals surface area contributed by atoms with E-state index in [4.69, 9.17) is 9.47 Å². The average molecular weight is 414 g/mol. The van der Waals surface area contributed by atoms with Gasteiger partial charge in [0, 0.05) is 10.0 Å². The van der Waals surface area contributed by atoms with Crippen molar-refractivity contribution in [2.45, 2.75) is 13.5 Å². The van der Waals surface area contributed by atoms with Crippen LogP contribution in [0.25, 0.3) is 0 Å². The number of halogens is 2. The molecule has 0 saturated heterocycles. The molecule has 0 aromatic heterocycles. The Hall–Kier alpha value is -1.33. The molecule has 0 fully saturated rings. The lowest BCUT2D eigenvalue weighted by Crippen LogP contribution is -2.01. The lowest BCUT2D eigenvalue weighted by Gasteiger charge is -2.14. The zero-order valence-corrected chi connectivity index (χ0v) is 14.6. The Morgan fingerprint density at radius 1 is 1.10 bits per heavy atom. The first-order valence-corrected chi connectivity index (χ1v) is 8.01. The number of ether oxygens (including phenoxy) is 2. The van der Waals surface area contributed by atoms with Crippen LogP contribution in [0, 0.1) is 0 Å². The van der Waals surface area contributed by atoms with Gasteiger partial charge in [-0.15, -0.1) is 0 Å². The van der Waals surface area contributed by atoms with Crippen molar-refractivity contribution in [2.75, 3.05) is 6.61 Å². The predicted molar refractivity (Wildman–Crippen MR) is 89.2 cm³/mol. The molecule has 0 amide bonds. The van der Waals surface area contributed by atoms with Crippen LogP contribution in [0.2, 0.25) is 0 Å². The van der Waals surface area contributed by atoms with Crippen molar-refractivity contribution >= 4 is 38.1 Å². The molecule has 21 heavy (non-hydrogen) atoms. The largest absolute Gasteiger partial charge is 0.490 e. The van der Waals surface area contributed by atoms with Gasteiger partial charge in [0.15, 0.2) is 11.5 Å². The van der Waals surface area contributed by atoms with Crippen molar-refractivity contribution in [1.82, 2.24) is 0 Å². The van der Waals surface area contributed by atoms with E-state index in [-0.39, 0.29) is 0 Å². The summed E-state index contributed by atoms with van der Waals surface area (Å²) in [5, 5.41) is 0.